The van der Waals surface area contributed by atoms with Crippen molar-refractivity contribution in [3.8, 4) is 0 Å². The Morgan fingerprint density at radius 1 is 1.03 bits per heavy atom. The van der Waals surface area contributed by atoms with E-state index in [2.05, 4.69) is 10.7 Å². The van der Waals surface area contributed by atoms with Gasteiger partial charge in [-0.2, -0.15) is 0 Å². The molecule has 1 heterocycles. The molecular formula is C23H23ClN4O5S. The molecule has 9 nitrogen and oxygen atoms in total. The summed E-state index contributed by atoms with van der Waals surface area (Å²) in [6.07, 6.45) is -0.254. The molecule has 1 aliphatic rings. The van der Waals surface area contributed by atoms with Crippen molar-refractivity contribution < 1.29 is 23.9 Å². The molecule has 1 aliphatic heterocycles. The number of carbonyl (C=O) groups is 4. The van der Waals surface area contributed by atoms with Gasteiger partial charge in [0, 0.05) is 22.8 Å². The van der Waals surface area contributed by atoms with Gasteiger partial charge in [-0.15, -0.1) is 0 Å². The lowest BCUT2D eigenvalue weighted by Gasteiger charge is -2.24. The van der Waals surface area contributed by atoms with Crippen LogP contribution >= 0.6 is 23.8 Å². The van der Waals surface area contributed by atoms with Gasteiger partial charge in [-0.1, -0.05) is 11.6 Å². The third-order valence-electron chi connectivity index (χ3n) is 5.00. The molecule has 0 saturated carbocycles. The third kappa shape index (κ3) is 5.70. The van der Waals surface area contributed by atoms with Gasteiger partial charge in [-0.05, 0) is 74.6 Å². The van der Waals surface area contributed by atoms with Crippen molar-refractivity contribution in [1.29, 1.82) is 0 Å². The first-order valence-corrected chi connectivity index (χ1v) is 11.3. The maximum absolute atomic E-state index is 12.9. The van der Waals surface area contributed by atoms with E-state index in [1.807, 2.05) is 0 Å². The van der Waals surface area contributed by atoms with Crippen LogP contribution in [0.3, 0.4) is 0 Å². The smallest absolute Gasteiger partial charge is 0.338 e. The molecule has 0 aliphatic carbocycles. The predicted octanol–water partition coefficient (Wildman–Crippen LogP) is 3.01. The quantitative estimate of drug-likeness (QED) is 0.422. The topological polar surface area (TPSA) is 108 Å². The van der Waals surface area contributed by atoms with Crippen LogP contribution in [0.1, 0.15) is 41.0 Å². The number of likely N-dealkylation sites (N-methyl/N-ethyl adjacent to an activating group) is 1. The fourth-order valence-electron chi connectivity index (χ4n) is 3.31. The third-order valence-corrected chi connectivity index (χ3v) is 5.67. The van der Waals surface area contributed by atoms with E-state index in [0.29, 0.717) is 28.4 Å². The number of hydrogen-bond donors (Lipinski definition) is 2. The number of ether oxygens (including phenoxy) is 1. The Balaban J connectivity index is 1.70. The summed E-state index contributed by atoms with van der Waals surface area (Å²) in [7, 11) is 0. The summed E-state index contributed by atoms with van der Waals surface area (Å²) < 4.78 is 4.93. The molecule has 11 heteroatoms. The number of hydrazine groups is 1. The Hall–Kier alpha value is -3.50. The summed E-state index contributed by atoms with van der Waals surface area (Å²) >= 11 is 11.2. The highest BCUT2D eigenvalue weighted by molar-refractivity contribution is 7.80. The molecule has 34 heavy (non-hydrogen) atoms. The largest absolute Gasteiger partial charge is 0.462 e. The Kier molecular flexibility index (Phi) is 8.19. The van der Waals surface area contributed by atoms with Gasteiger partial charge in [0.15, 0.2) is 5.11 Å². The SMILES string of the molecule is CCOC(=O)c1ccc(NC(=O)CC2C(=O)N(CC)C(=S)N2NC(=O)c2ccc(Cl)cc2)cc1. The molecule has 3 rings (SSSR count). The van der Waals surface area contributed by atoms with Crippen LogP contribution < -0.4 is 10.7 Å². The normalized spacial score (nSPS) is 15.3. The summed E-state index contributed by atoms with van der Waals surface area (Å²) in [5.74, 6) is -1.81. The van der Waals surface area contributed by atoms with Gasteiger partial charge in [0.1, 0.15) is 6.04 Å². The minimum atomic E-state index is -1.01. The van der Waals surface area contributed by atoms with E-state index >= 15 is 0 Å². The molecule has 0 bridgehead atoms. The van der Waals surface area contributed by atoms with Gasteiger partial charge >= 0.3 is 5.97 Å². The van der Waals surface area contributed by atoms with Crippen LogP contribution in [0.25, 0.3) is 0 Å². The Bertz CT molecular complexity index is 1110. The number of anilines is 1. The molecule has 0 spiro atoms. The minimum absolute atomic E-state index is 0.103. The molecule has 1 unspecified atom stereocenters. The number of esters is 1. The maximum Gasteiger partial charge on any atom is 0.338 e. The van der Waals surface area contributed by atoms with Crippen LogP contribution in [0.2, 0.25) is 5.02 Å². The first-order chi connectivity index (χ1) is 16.2. The Labute approximate surface area is 207 Å². The average Bonchev–Trinajstić information content (AvgIpc) is 3.03. The van der Waals surface area contributed by atoms with Gasteiger partial charge in [0.05, 0.1) is 18.6 Å². The second-order valence-corrected chi connectivity index (χ2v) is 8.05. The van der Waals surface area contributed by atoms with Gasteiger partial charge in [0.25, 0.3) is 11.8 Å². The van der Waals surface area contributed by atoms with Crippen LogP contribution in [0.15, 0.2) is 48.5 Å². The molecule has 2 N–H and O–H groups in total. The van der Waals surface area contributed by atoms with E-state index in [1.165, 1.54) is 34.2 Å². The number of hydrogen-bond acceptors (Lipinski definition) is 6. The lowest BCUT2D eigenvalue weighted by Crippen LogP contribution is -2.49. The van der Waals surface area contributed by atoms with Crippen LogP contribution in [0.4, 0.5) is 5.69 Å². The number of rotatable bonds is 8. The molecule has 1 saturated heterocycles. The summed E-state index contributed by atoms with van der Waals surface area (Å²) in [5, 5.41) is 4.51. The number of halogens is 1. The highest BCUT2D eigenvalue weighted by Crippen LogP contribution is 2.21. The van der Waals surface area contributed by atoms with Crippen molar-refractivity contribution in [2.45, 2.75) is 26.3 Å². The van der Waals surface area contributed by atoms with E-state index < -0.39 is 29.7 Å². The summed E-state index contributed by atoms with van der Waals surface area (Å²) in [6.45, 7) is 4.01. The second kappa shape index (κ2) is 11.1. The minimum Gasteiger partial charge on any atom is -0.462 e. The van der Waals surface area contributed by atoms with Crippen LogP contribution in [0, 0.1) is 0 Å². The summed E-state index contributed by atoms with van der Waals surface area (Å²) in [5.41, 5.74) is 3.74. The monoisotopic (exact) mass is 502 g/mol. The molecule has 2 aromatic carbocycles. The molecular weight excluding hydrogens is 480 g/mol. The first kappa shape index (κ1) is 25.1. The van der Waals surface area contributed by atoms with E-state index in [0.717, 1.165) is 0 Å². The van der Waals surface area contributed by atoms with Crippen molar-refractivity contribution >= 4 is 58.3 Å². The van der Waals surface area contributed by atoms with Gasteiger partial charge in [0.2, 0.25) is 5.91 Å². The van der Waals surface area contributed by atoms with E-state index in [9.17, 15) is 19.2 Å². The molecule has 3 amide bonds. The first-order valence-electron chi connectivity index (χ1n) is 10.5. The van der Waals surface area contributed by atoms with Gasteiger partial charge in [-0.25, -0.2) is 9.80 Å². The van der Waals surface area contributed by atoms with Crippen LogP contribution in [-0.2, 0) is 14.3 Å². The summed E-state index contributed by atoms with van der Waals surface area (Å²) in [6, 6.07) is 11.4. The molecule has 1 fully saturated rings. The molecule has 178 valence electrons. The van der Waals surface area contributed by atoms with Crippen molar-refractivity contribution in [2.24, 2.45) is 0 Å². The van der Waals surface area contributed by atoms with Crippen LogP contribution in [0.5, 0.6) is 0 Å². The standard InChI is InChI=1S/C23H23ClN4O5S/c1-3-27-21(31)18(28(23(27)34)26-20(30)14-5-9-16(24)10-6-14)13-19(29)25-17-11-7-15(8-12-17)22(32)33-4-2/h5-12,18H,3-4,13H2,1-2H3,(H,25,29)(H,26,30). The number of thiocarbonyl (C=S) groups is 1. The molecule has 0 aromatic heterocycles. The van der Waals surface area contributed by atoms with Crippen molar-refractivity contribution in [2.75, 3.05) is 18.5 Å². The van der Waals surface area contributed by atoms with Crippen LogP contribution in [-0.4, -0.2) is 57.9 Å². The lowest BCUT2D eigenvalue weighted by molar-refractivity contribution is -0.130. The highest BCUT2D eigenvalue weighted by atomic mass is 35.5. The number of nitrogens with zero attached hydrogens (tertiary/aromatic N) is 2. The second-order valence-electron chi connectivity index (χ2n) is 7.25. The molecule has 1 atom stereocenters. The average molecular weight is 503 g/mol. The Morgan fingerprint density at radius 3 is 2.24 bits per heavy atom. The highest BCUT2D eigenvalue weighted by Gasteiger charge is 2.43. The maximum atomic E-state index is 12.9. The zero-order valence-corrected chi connectivity index (χ0v) is 20.1. The number of amides is 3. The zero-order chi connectivity index (χ0) is 24.8. The fraction of sp³-hybridized carbons (Fsp3) is 0.261. The van der Waals surface area contributed by atoms with E-state index in [1.54, 1.807) is 38.1 Å². The van der Waals surface area contributed by atoms with Crippen molar-refractivity contribution in [3.63, 3.8) is 0 Å². The Morgan fingerprint density at radius 2 is 1.65 bits per heavy atom. The molecule has 2 aromatic rings. The summed E-state index contributed by atoms with van der Waals surface area (Å²) in [4.78, 5) is 51.4. The zero-order valence-electron chi connectivity index (χ0n) is 18.5. The van der Waals surface area contributed by atoms with E-state index in [-0.39, 0.29) is 18.1 Å². The van der Waals surface area contributed by atoms with Gasteiger partial charge < -0.3 is 10.1 Å². The van der Waals surface area contributed by atoms with Gasteiger partial charge in [-0.3, -0.25) is 24.7 Å². The lowest BCUT2D eigenvalue weighted by atomic mass is 10.1. The number of carbonyl (C=O) groups excluding carboxylic acids is 4. The van der Waals surface area contributed by atoms with Crippen molar-refractivity contribution in [1.82, 2.24) is 15.3 Å². The fourth-order valence-corrected chi connectivity index (χ4v) is 3.83. The van der Waals surface area contributed by atoms with E-state index in [4.69, 9.17) is 28.6 Å². The predicted molar refractivity (Wildman–Crippen MR) is 130 cm³/mol. The molecule has 0 radical (unpaired) electrons. The van der Waals surface area contributed by atoms with Crippen molar-refractivity contribution in [3.05, 3.63) is 64.7 Å². The number of benzene rings is 2. The number of nitrogens with one attached hydrogen (secondary N) is 2.